The van der Waals surface area contributed by atoms with Crippen LogP contribution in [-0.2, 0) is 11.3 Å². The number of anilines is 1. The van der Waals surface area contributed by atoms with Gasteiger partial charge in [-0.25, -0.2) is 0 Å². The average Bonchev–Trinajstić information content (AvgIpc) is 3.19. The van der Waals surface area contributed by atoms with E-state index in [0.29, 0.717) is 35.7 Å². The summed E-state index contributed by atoms with van der Waals surface area (Å²) in [7, 11) is 0. The molecule has 2 amide bonds. The number of benzene rings is 2. The largest absolute Gasteiger partial charge is 0.508 e. The lowest BCUT2D eigenvalue weighted by Gasteiger charge is -2.21. The van der Waals surface area contributed by atoms with Crippen LogP contribution >= 0.6 is 0 Å². The maximum absolute atomic E-state index is 13.2. The van der Waals surface area contributed by atoms with Gasteiger partial charge >= 0.3 is 0 Å². The normalized spacial score (nSPS) is 13.2. The van der Waals surface area contributed by atoms with Crippen LogP contribution in [0.1, 0.15) is 48.4 Å². The molecule has 33 heavy (non-hydrogen) atoms. The number of nitrogens with zero attached hydrogens (tertiary/aromatic N) is 3. The van der Waals surface area contributed by atoms with Crippen LogP contribution in [0.4, 0.5) is 5.69 Å². The molecule has 4 N–H and O–H groups in total. The van der Waals surface area contributed by atoms with E-state index in [1.807, 2.05) is 20.8 Å². The molecule has 3 aromatic rings. The number of carbonyl (C=O) groups is 2. The quantitative estimate of drug-likeness (QED) is 0.467. The van der Waals surface area contributed by atoms with Crippen molar-refractivity contribution in [3.8, 4) is 28.6 Å². The van der Waals surface area contributed by atoms with Gasteiger partial charge in [0, 0.05) is 36.5 Å². The highest BCUT2D eigenvalue weighted by molar-refractivity contribution is 6.04. The number of fused-ring (bicyclic) bond motifs is 1. The molecule has 4 rings (SSSR count). The fourth-order valence-corrected chi connectivity index (χ4v) is 3.68. The van der Waals surface area contributed by atoms with E-state index in [2.05, 4.69) is 20.5 Å². The van der Waals surface area contributed by atoms with Crippen molar-refractivity contribution in [2.75, 3.05) is 18.1 Å². The number of ether oxygens (including phenoxy) is 1. The third-order valence-electron chi connectivity index (χ3n) is 5.47. The molecule has 10 nitrogen and oxygen atoms in total. The number of aromatic amines is 1. The van der Waals surface area contributed by atoms with Crippen LogP contribution in [0.3, 0.4) is 0 Å². The van der Waals surface area contributed by atoms with Crippen molar-refractivity contribution < 1.29 is 24.5 Å². The summed E-state index contributed by atoms with van der Waals surface area (Å²) >= 11 is 0. The highest BCUT2D eigenvalue weighted by Crippen LogP contribution is 2.36. The van der Waals surface area contributed by atoms with Gasteiger partial charge < -0.3 is 30.2 Å². The lowest BCUT2D eigenvalue weighted by molar-refractivity contribution is -0.122. The van der Waals surface area contributed by atoms with Crippen LogP contribution in [-0.4, -0.2) is 50.4 Å². The Kier molecular flexibility index (Phi) is 5.91. The zero-order chi connectivity index (χ0) is 23.7. The first kappa shape index (κ1) is 22.1. The summed E-state index contributed by atoms with van der Waals surface area (Å²) in [5.41, 5.74) is 2.38. The molecular weight excluding hydrogens is 426 g/mol. The SMILES string of the molecule is CCN(C(=O)c1nnc(-c2cc(C(C)C)c(O)cc2O)[nH]1)c1ccc2c(c1)OCC(=O)NC2. The summed E-state index contributed by atoms with van der Waals surface area (Å²) in [4.78, 5) is 29.2. The molecule has 0 bridgehead atoms. The number of aromatic nitrogens is 3. The summed E-state index contributed by atoms with van der Waals surface area (Å²) in [6.07, 6.45) is 0. The van der Waals surface area contributed by atoms with Crippen molar-refractivity contribution in [1.82, 2.24) is 20.5 Å². The number of amides is 2. The van der Waals surface area contributed by atoms with Crippen molar-refractivity contribution in [3.05, 3.63) is 47.3 Å². The number of aromatic hydroxyl groups is 2. The molecule has 10 heteroatoms. The van der Waals surface area contributed by atoms with E-state index < -0.39 is 5.91 Å². The molecule has 172 valence electrons. The molecule has 2 aromatic carbocycles. The van der Waals surface area contributed by atoms with Crippen molar-refractivity contribution in [2.45, 2.75) is 33.2 Å². The summed E-state index contributed by atoms with van der Waals surface area (Å²) in [6.45, 7) is 6.28. The number of hydrogen-bond acceptors (Lipinski definition) is 7. The van der Waals surface area contributed by atoms with Crippen LogP contribution < -0.4 is 15.0 Å². The zero-order valence-electron chi connectivity index (χ0n) is 18.5. The predicted molar refractivity (Wildman–Crippen MR) is 120 cm³/mol. The molecule has 1 aromatic heterocycles. The molecule has 1 aliphatic rings. The number of phenolic OH excluding ortho intramolecular Hbond substituents is 2. The number of rotatable bonds is 5. The molecule has 0 spiro atoms. The average molecular weight is 451 g/mol. The maximum Gasteiger partial charge on any atom is 0.295 e. The molecule has 0 aliphatic carbocycles. The maximum atomic E-state index is 13.2. The summed E-state index contributed by atoms with van der Waals surface area (Å²) in [5, 5.41) is 31.1. The van der Waals surface area contributed by atoms with Crippen LogP contribution in [0.2, 0.25) is 0 Å². The lowest BCUT2D eigenvalue weighted by Crippen LogP contribution is -2.31. The van der Waals surface area contributed by atoms with Crippen LogP contribution in [0.15, 0.2) is 30.3 Å². The van der Waals surface area contributed by atoms with E-state index in [4.69, 9.17) is 4.74 Å². The van der Waals surface area contributed by atoms with Crippen LogP contribution in [0, 0.1) is 0 Å². The van der Waals surface area contributed by atoms with E-state index >= 15 is 0 Å². The Labute approximate surface area is 190 Å². The number of carbonyl (C=O) groups excluding carboxylic acids is 2. The summed E-state index contributed by atoms with van der Waals surface area (Å²) < 4.78 is 5.56. The first-order valence-electron chi connectivity index (χ1n) is 10.6. The van der Waals surface area contributed by atoms with E-state index in [-0.39, 0.29) is 41.6 Å². The smallest absolute Gasteiger partial charge is 0.295 e. The molecule has 0 radical (unpaired) electrons. The molecular formula is C23H25N5O5. The predicted octanol–water partition coefficient (Wildman–Crippen LogP) is 2.68. The minimum absolute atomic E-state index is 0.00173. The van der Waals surface area contributed by atoms with E-state index in [0.717, 1.165) is 5.56 Å². The second-order valence-corrected chi connectivity index (χ2v) is 8.01. The molecule has 0 fully saturated rings. The Balaban J connectivity index is 1.63. The number of hydrogen-bond donors (Lipinski definition) is 4. The fraction of sp³-hybridized carbons (Fsp3) is 0.304. The molecule has 2 heterocycles. The van der Waals surface area contributed by atoms with E-state index in [9.17, 15) is 19.8 Å². The van der Waals surface area contributed by atoms with Gasteiger partial charge in [0.2, 0.25) is 5.82 Å². The summed E-state index contributed by atoms with van der Waals surface area (Å²) in [6, 6.07) is 8.18. The highest BCUT2D eigenvalue weighted by atomic mass is 16.5. The van der Waals surface area contributed by atoms with Gasteiger partial charge in [-0.15, -0.1) is 10.2 Å². The van der Waals surface area contributed by atoms with E-state index in [1.165, 1.54) is 11.0 Å². The van der Waals surface area contributed by atoms with Gasteiger partial charge in [0.15, 0.2) is 12.4 Å². The van der Waals surface area contributed by atoms with Crippen molar-refractivity contribution in [3.63, 3.8) is 0 Å². The Morgan fingerprint density at radius 1 is 1.18 bits per heavy atom. The van der Waals surface area contributed by atoms with E-state index in [1.54, 1.807) is 24.3 Å². The Bertz CT molecular complexity index is 1220. The minimum Gasteiger partial charge on any atom is -0.508 e. The molecule has 0 atom stereocenters. The highest BCUT2D eigenvalue weighted by Gasteiger charge is 2.24. The van der Waals surface area contributed by atoms with Gasteiger partial charge in [-0.2, -0.15) is 0 Å². The molecule has 0 saturated carbocycles. The second-order valence-electron chi connectivity index (χ2n) is 8.01. The number of H-pyrrole nitrogens is 1. The monoisotopic (exact) mass is 451 g/mol. The van der Waals surface area contributed by atoms with Crippen molar-refractivity contribution >= 4 is 17.5 Å². The minimum atomic E-state index is -0.415. The molecule has 0 unspecified atom stereocenters. The van der Waals surface area contributed by atoms with Gasteiger partial charge in [0.25, 0.3) is 11.8 Å². The molecule has 1 aliphatic heterocycles. The van der Waals surface area contributed by atoms with Crippen molar-refractivity contribution in [2.24, 2.45) is 0 Å². The standard InChI is InChI=1S/C23H25N5O5/c1-4-28(14-6-5-13-10-24-20(31)11-33-19(13)7-14)23(32)22-25-21(26-27-22)16-8-15(12(2)3)17(29)9-18(16)30/h5-9,12,29-30H,4,10-11H2,1-3H3,(H,24,31)(H,25,26,27). The van der Waals surface area contributed by atoms with Gasteiger partial charge in [-0.3, -0.25) is 9.59 Å². The zero-order valence-corrected chi connectivity index (χ0v) is 18.5. The lowest BCUT2D eigenvalue weighted by atomic mass is 9.98. The van der Waals surface area contributed by atoms with Crippen LogP contribution in [0.5, 0.6) is 17.2 Å². The van der Waals surface area contributed by atoms with Crippen molar-refractivity contribution in [1.29, 1.82) is 0 Å². The van der Waals surface area contributed by atoms with Gasteiger partial charge in [0.1, 0.15) is 17.2 Å². The Hall–Kier alpha value is -4.08. The number of phenols is 2. The topological polar surface area (TPSA) is 141 Å². The van der Waals surface area contributed by atoms with Gasteiger partial charge in [0.05, 0.1) is 5.56 Å². The molecule has 0 saturated heterocycles. The first-order valence-corrected chi connectivity index (χ1v) is 10.6. The van der Waals surface area contributed by atoms with Crippen LogP contribution in [0.25, 0.3) is 11.4 Å². The van der Waals surface area contributed by atoms with Gasteiger partial charge in [-0.05, 0) is 30.5 Å². The number of nitrogens with one attached hydrogen (secondary N) is 2. The first-order chi connectivity index (χ1) is 15.8. The second kappa shape index (κ2) is 8.81. The summed E-state index contributed by atoms with van der Waals surface area (Å²) in [5.74, 6) is -0.0471. The third kappa shape index (κ3) is 4.32. The fourth-order valence-electron chi connectivity index (χ4n) is 3.68. The van der Waals surface area contributed by atoms with Gasteiger partial charge in [-0.1, -0.05) is 19.9 Å². The Morgan fingerprint density at radius 3 is 2.70 bits per heavy atom. The Morgan fingerprint density at radius 2 is 1.97 bits per heavy atom. The third-order valence-corrected chi connectivity index (χ3v) is 5.47.